The fraction of sp³-hybridized carbons (Fsp3) is 0. The van der Waals surface area contributed by atoms with Crippen LogP contribution in [0.2, 0.25) is 5.02 Å². The van der Waals surface area contributed by atoms with Gasteiger partial charge >= 0.3 is 0 Å². The fourth-order valence-electron chi connectivity index (χ4n) is 1.16. The van der Waals surface area contributed by atoms with E-state index >= 15 is 0 Å². The summed E-state index contributed by atoms with van der Waals surface area (Å²) in [4.78, 5) is 19.3. The van der Waals surface area contributed by atoms with Crippen LogP contribution in [0.1, 0.15) is 10.6 Å². The Labute approximate surface area is 97.3 Å². The van der Waals surface area contributed by atoms with Crippen molar-refractivity contribution < 1.29 is 4.79 Å². The summed E-state index contributed by atoms with van der Waals surface area (Å²) >= 11 is 5.90. The van der Waals surface area contributed by atoms with Crippen LogP contribution < -0.4 is 5.32 Å². The predicted molar refractivity (Wildman–Crippen MR) is 61.4 cm³/mol. The van der Waals surface area contributed by atoms with Crippen molar-refractivity contribution in [1.29, 1.82) is 0 Å². The van der Waals surface area contributed by atoms with E-state index in [1.807, 2.05) is 0 Å². The minimum absolute atomic E-state index is 0.113. The van der Waals surface area contributed by atoms with Gasteiger partial charge in [-0.1, -0.05) is 23.7 Å². The van der Waals surface area contributed by atoms with Gasteiger partial charge in [-0.05, 0) is 18.2 Å². The maximum absolute atomic E-state index is 11.7. The van der Waals surface area contributed by atoms with Gasteiger partial charge in [-0.3, -0.25) is 4.79 Å². The Kier molecular flexibility index (Phi) is 3.12. The van der Waals surface area contributed by atoms with Crippen molar-refractivity contribution in [2.45, 2.75) is 0 Å². The topological polar surface area (TPSA) is 54.9 Å². The molecule has 80 valence electrons. The third-order valence-electron chi connectivity index (χ3n) is 1.89. The molecule has 1 N–H and O–H groups in total. The van der Waals surface area contributed by atoms with E-state index in [2.05, 4.69) is 15.3 Å². The molecule has 4 nitrogen and oxygen atoms in total. The number of nitrogens with one attached hydrogen (secondary N) is 1. The molecule has 16 heavy (non-hydrogen) atoms. The Morgan fingerprint density at radius 1 is 1.12 bits per heavy atom. The lowest BCUT2D eigenvalue weighted by molar-refractivity contribution is 0.101. The number of benzene rings is 1. The minimum atomic E-state index is -0.381. The Bertz CT molecular complexity index is 502. The maximum Gasteiger partial charge on any atom is 0.293 e. The molecule has 0 aliphatic heterocycles. The highest BCUT2D eigenvalue weighted by atomic mass is 35.5. The Balaban J connectivity index is 2.18. The highest BCUT2D eigenvalue weighted by Gasteiger charge is 2.09. The molecule has 2 rings (SSSR count). The zero-order chi connectivity index (χ0) is 11.4. The summed E-state index contributed by atoms with van der Waals surface area (Å²) in [6.07, 6.45) is 3.02. The van der Waals surface area contributed by atoms with Gasteiger partial charge < -0.3 is 5.32 Å². The molecule has 0 aliphatic rings. The van der Waals surface area contributed by atoms with Crippen molar-refractivity contribution in [2.75, 3.05) is 5.32 Å². The first kappa shape index (κ1) is 10.6. The molecule has 0 radical (unpaired) electrons. The summed E-state index contributed by atoms with van der Waals surface area (Å²) in [5.74, 6) is -0.267. The number of carbonyl (C=O) groups excluding carboxylic acids is 1. The number of amides is 1. The molecule has 0 aliphatic carbocycles. The zero-order valence-electron chi connectivity index (χ0n) is 8.22. The number of para-hydroxylation sites is 1. The highest BCUT2D eigenvalue weighted by molar-refractivity contribution is 6.33. The Morgan fingerprint density at radius 2 is 1.81 bits per heavy atom. The predicted octanol–water partition coefficient (Wildman–Crippen LogP) is 2.38. The van der Waals surface area contributed by atoms with E-state index in [-0.39, 0.29) is 11.7 Å². The average Bonchev–Trinajstić information content (AvgIpc) is 2.33. The van der Waals surface area contributed by atoms with Crippen LogP contribution in [0.5, 0.6) is 0 Å². The van der Waals surface area contributed by atoms with E-state index in [1.54, 1.807) is 30.3 Å². The zero-order valence-corrected chi connectivity index (χ0v) is 8.98. The van der Waals surface area contributed by atoms with Crippen molar-refractivity contribution >= 4 is 23.2 Å². The van der Waals surface area contributed by atoms with Gasteiger partial charge in [0.25, 0.3) is 5.91 Å². The monoisotopic (exact) mass is 233 g/mol. The summed E-state index contributed by atoms with van der Waals surface area (Å²) in [5.41, 5.74) is 0.543. The normalized spacial score (nSPS) is 9.81. The number of carbonyl (C=O) groups is 1. The van der Waals surface area contributed by atoms with Crippen molar-refractivity contribution in [3.63, 3.8) is 0 Å². The summed E-state index contributed by atoms with van der Waals surface area (Å²) in [6.45, 7) is 0. The quantitative estimate of drug-likeness (QED) is 0.867. The SMILES string of the molecule is O=C(Nc1ccccc1Cl)c1ncccn1. The number of halogens is 1. The molecular formula is C11H8ClN3O. The third-order valence-corrected chi connectivity index (χ3v) is 2.22. The first-order valence-corrected chi connectivity index (χ1v) is 4.98. The molecule has 0 bridgehead atoms. The molecule has 0 unspecified atom stereocenters. The number of nitrogens with zero attached hydrogens (tertiary/aromatic N) is 2. The molecule has 1 heterocycles. The van der Waals surface area contributed by atoms with Crippen LogP contribution in [-0.2, 0) is 0 Å². The van der Waals surface area contributed by atoms with Crippen LogP contribution in [0.4, 0.5) is 5.69 Å². The summed E-state index contributed by atoms with van der Waals surface area (Å²) < 4.78 is 0. The highest BCUT2D eigenvalue weighted by Crippen LogP contribution is 2.20. The summed E-state index contributed by atoms with van der Waals surface area (Å²) in [6, 6.07) is 8.63. The van der Waals surface area contributed by atoms with Gasteiger partial charge in [0.15, 0.2) is 0 Å². The van der Waals surface area contributed by atoms with Crippen LogP contribution in [0.25, 0.3) is 0 Å². The van der Waals surface area contributed by atoms with E-state index in [9.17, 15) is 4.79 Å². The van der Waals surface area contributed by atoms with Gasteiger partial charge in [-0.2, -0.15) is 0 Å². The number of anilines is 1. The third kappa shape index (κ3) is 2.35. The lowest BCUT2D eigenvalue weighted by atomic mass is 10.3. The van der Waals surface area contributed by atoms with Crippen LogP contribution in [0.3, 0.4) is 0 Å². The summed E-state index contributed by atoms with van der Waals surface area (Å²) in [5, 5.41) is 3.11. The minimum Gasteiger partial charge on any atom is -0.318 e. The second-order valence-corrected chi connectivity index (χ2v) is 3.41. The molecule has 1 aromatic carbocycles. The maximum atomic E-state index is 11.7. The fourth-order valence-corrected chi connectivity index (χ4v) is 1.34. The molecule has 1 aromatic heterocycles. The van der Waals surface area contributed by atoms with E-state index in [1.165, 1.54) is 12.4 Å². The molecular weight excluding hydrogens is 226 g/mol. The van der Waals surface area contributed by atoms with Gasteiger partial charge in [0.1, 0.15) is 0 Å². The molecule has 0 atom stereocenters. The van der Waals surface area contributed by atoms with Gasteiger partial charge in [-0.15, -0.1) is 0 Å². The number of hydrogen-bond donors (Lipinski definition) is 1. The molecule has 2 aromatic rings. The Hall–Kier alpha value is -1.94. The first-order chi connectivity index (χ1) is 7.77. The van der Waals surface area contributed by atoms with Gasteiger partial charge in [-0.25, -0.2) is 9.97 Å². The van der Waals surface area contributed by atoms with E-state index in [0.29, 0.717) is 10.7 Å². The van der Waals surface area contributed by atoms with Crippen molar-refractivity contribution in [2.24, 2.45) is 0 Å². The van der Waals surface area contributed by atoms with E-state index in [0.717, 1.165) is 0 Å². The molecule has 0 saturated heterocycles. The van der Waals surface area contributed by atoms with Gasteiger partial charge in [0.05, 0.1) is 10.7 Å². The summed E-state index contributed by atoms with van der Waals surface area (Å²) in [7, 11) is 0. The van der Waals surface area contributed by atoms with Crippen molar-refractivity contribution in [1.82, 2.24) is 9.97 Å². The number of hydrogen-bond acceptors (Lipinski definition) is 3. The number of rotatable bonds is 2. The Morgan fingerprint density at radius 3 is 2.50 bits per heavy atom. The second-order valence-electron chi connectivity index (χ2n) is 3.01. The lowest BCUT2D eigenvalue weighted by Crippen LogP contribution is -2.15. The van der Waals surface area contributed by atoms with E-state index in [4.69, 9.17) is 11.6 Å². The molecule has 0 fully saturated rings. The van der Waals surface area contributed by atoms with Crippen LogP contribution in [-0.4, -0.2) is 15.9 Å². The largest absolute Gasteiger partial charge is 0.318 e. The molecule has 0 saturated carbocycles. The van der Waals surface area contributed by atoms with Gasteiger partial charge in [0.2, 0.25) is 5.82 Å². The van der Waals surface area contributed by atoms with Crippen molar-refractivity contribution in [3.8, 4) is 0 Å². The standard InChI is InChI=1S/C11H8ClN3O/c12-8-4-1-2-5-9(8)15-11(16)10-13-6-3-7-14-10/h1-7H,(H,15,16). The smallest absolute Gasteiger partial charge is 0.293 e. The van der Waals surface area contributed by atoms with Crippen molar-refractivity contribution in [3.05, 3.63) is 53.6 Å². The number of aromatic nitrogens is 2. The lowest BCUT2D eigenvalue weighted by Gasteiger charge is -2.05. The van der Waals surface area contributed by atoms with Crippen LogP contribution >= 0.6 is 11.6 Å². The molecule has 0 spiro atoms. The average molecular weight is 234 g/mol. The van der Waals surface area contributed by atoms with Crippen LogP contribution in [0.15, 0.2) is 42.7 Å². The van der Waals surface area contributed by atoms with E-state index < -0.39 is 0 Å². The van der Waals surface area contributed by atoms with Crippen LogP contribution in [0, 0.1) is 0 Å². The molecule has 5 heteroatoms. The first-order valence-electron chi connectivity index (χ1n) is 4.60. The van der Waals surface area contributed by atoms with Gasteiger partial charge in [0, 0.05) is 12.4 Å². The second kappa shape index (κ2) is 4.72. The molecule has 1 amide bonds.